The molecule has 0 aromatic heterocycles. The molecule has 0 unspecified atom stereocenters. The lowest BCUT2D eigenvalue weighted by Gasteiger charge is -2.17. The van der Waals surface area contributed by atoms with Gasteiger partial charge in [0.2, 0.25) is 0 Å². The summed E-state index contributed by atoms with van der Waals surface area (Å²) in [5.41, 5.74) is 5.92. The van der Waals surface area contributed by atoms with Crippen LogP contribution in [0.5, 0.6) is 0 Å². The van der Waals surface area contributed by atoms with E-state index in [2.05, 4.69) is 5.32 Å². The van der Waals surface area contributed by atoms with Gasteiger partial charge in [-0.25, -0.2) is 9.18 Å². The summed E-state index contributed by atoms with van der Waals surface area (Å²) in [7, 11) is 0. The van der Waals surface area contributed by atoms with Gasteiger partial charge in [-0.3, -0.25) is 5.41 Å². The van der Waals surface area contributed by atoms with Crippen molar-refractivity contribution in [2.24, 2.45) is 5.73 Å². The molecule has 1 saturated heterocycles. The third-order valence-corrected chi connectivity index (χ3v) is 2.91. The number of carbonyl (C=O) groups is 1. The summed E-state index contributed by atoms with van der Waals surface area (Å²) in [6.07, 6.45) is 1.99. The fourth-order valence-electron chi connectivity index (χ4n) is 1.96. The minimum absolute atomic E-state index is 0.197. The molecule has 4 N–H and O–H groups in total. The summed E-state index contributed by atoms with van der Waals surface area (Å²) in [5.74, 6) is -0.759. The van der Waals surface area contributed by atoms with Crippen molar-refractivity contribution in [3.05, 3.63) is 29.6 Å². The molecule has 0 saturated carbocycles. The average molecular weight is 250 g/mol. The summed E-state index contributed by atoms with van der Waals surface area (Å²) in [4.78, 5) is 13.6. The van der Waals surface area contributed by atoms with Gasteiger partial charge in [-0.15, -0.1) is 0 Å². The predicted molar refractivity (Wildman–Crippen MR) is 67.2 cm³/mol. The van der Waals surface area contributed by atoms with E-state index in [1.165, 1.54) is 12.1 Å². The Morgan fingerprint density at radius 2 is 2.06 bits per heavy atom. The van der Waals surface area contributed by atoms with Crippen LogP contribution >= 0.6 is 0 Å². The maximum atomic E-state index is 13.1. The van der Waals surface area contributed by atoms with Gasteiger partial charge in [-0.2, -0.15) is 0 Å². The molecule has 1 aromatic rings. The van der Waals surface area contributed by atoms with Crippen LogP contribution < -0.4 is 11.1 Å². The standard InChI is InChI=1S/C12H15FN4O/c13-8-3-4-10(9(7-8)11(14)15)16-12(18)17-5-1-2-6-17/h3-4,7H,1-2,5-6H2,(H3,14,15)(H,16,18). The topological polar surface area (TPSA) is 82.2 Å². The highest BCUT2D eigenvalue weighted by molar-refractivity contribution is 6.03. The molecule has 96 valence electrons. The van der Waals surface area contributed by atoms with E-state index >= 15 is 0 Å². The third-order valence-electron chi connectivity index (χ3n) is 2.91. The molecule has 0 atom stereocenters. The highest BCUT2D eigenvalue weighted by atomic mass is 19.1. The molecular formula is C12H15FN4O. The van der Waals surface area contributed by atoms with Gasteiger partial charge >= 0.3 is 6.03 Å². The summed E-state index contributed by atoms with van der Waals surface area (Å²) < 4.78 is 13.1. The first-order valence-electron chi connectivity index (χ1n) is 5.78. The molecule has 2 amide bonds. The fourth-order valence-corrected chi connectivity index (χ4v) is 1.96. The average Bonchev–Trinajstić information content (AvgIpc) is 2.84. The molecule has 1 heterocycles. The zero-order chi connectivity index (χ0) is 13.1. The molecule has 2 rings (SSSR count). The van der Waals surface area contributed by atoms with E-state index in [0.717, 1.165) is 32.0 Å². The molecule has 1 fully saturated rings. The van der Waals surface area contributed by atoms with E-state index in [9.17, 15) is 9.18 Å². The highest BCUT2D eigenvalue weighted by Gasteiger charge is 2.19. The largest absolute Gasteiger partial charge is 0.384 e. The van der Waals surface area contributed by atoms with Crippen LogP contribution in [0, 0.1) is 11.2 Å². The van der Waals surface area contributed by atoms with Crippen molar-refractivity contribution in [1.82, 2.24) is 4.90 Å². The molecule has 0 spiro atoms. The van der Waals surface area contributed by atoms with Gasteiger partial charge in [0.05, 0.1) is 5.69 Å². The van der Waals surface area contributed by atoms with Crippen LogP contribution in [0.1, 0.15) is 18.4 Å². The third kappa shape index (κ3) is 2.58. The summed E-state index contributed by atoms with van der Waals surface area (Å²) in [5, 5.41) is 10.0. The number of nitrogen functional groups attached to an aromatic ring is 1. The van der Waals surface area contributed by atoms with Gasteiger partial charge in [-0.05, 0) is 31.0 Å². The number of nitrogens with zero attached hydrogens (tertiary/aromatic N) is 1. The smallest absolute Gasteiger partial charge is 0.321 e. The van der Waals surface area contributed by atoms with Crippen LogP contribution in [-0.2, 0) is 0 Å². The lowest BCUT2D eigenvalue weighted by atomic mass is 10.1. The van der Waals surface area contributed by atoms with E-state index in [1.807, 2.05) is 0 Å². The Balaban J connectivity index is 2.17. The van der Waals surface area contributed by atoms with Crippen LogP contribution in [0.25, 0.3) is 0 Å². The number of carbonyl (C=O) groups excluding carboxylic acids is 1. The van der Waals surface area contributed by atoms with Gasteiger partial charge < -0.3 is 16.0 Å². The van der Waals surface area contributed by atoms with Crippen molar-refractivity contribution >= 4 is 17.6 Å². The van der Waals surface area contributed by atoms with E-state index in [-0.39, 0.29) is 17.4 Å². The minimum atomic E-state index is -0.487. The van der Waals surface area contributed by atoms with Crippen LogP contribution in [0.2, 0.25) is 0 Å². The number of benzene rings is 1. The summed E-state index contributed by atoms with van der Waals surface area (Å²) in [6, 6.07) is 3.55. The van der Waals surface area contributed by atoms with Crippen LogP contribution in [0.4, 0.5) is 14.9 Å². The molecule has 6 heteroatoms. The Morgan fingerprint density at radius 3 is 2.67 bits per heavy atom. The van der Waals surface area contributed by atoms with Gasteiger partial charge in [0, 0.05) is 18.7 Å². The van der Waals surface area contributed by atoms with Crippen LogP contribution in [0.15, 0.2) is 18.2 Å². The van der Waals surface area contributed by atoms with E-state index < -0.39 is 5.82 Å². The van der Waals surface area contributed by atoms with Crippen molar-refractivity contribution in [3.8, 4) is 0 Å². The Morgan fingerprint density at radius 1 is 1.39 bits per heavy atom. The molecule has 1 aliphatic rings. The molecule has 5 nitrogen and oxygen atoms in total. The number of urea groups is 1. The maximum Gasteiger partial charge on any atom is 0.321 e. The maximum absolute atomic E-state index is 13.1. The number of amidine groups is 1. The van der Waals surface area contributed by atoms with E-state index in [4.69, 9.17) is 11.1 Å². The van der Waals surface area contributed by atoms with Crippen LogP contribution in [-0.4, -0.2) is 29.9 Å². The van der Waals surface area contributed by atoms with Gasteiger partial charge in [-0.1, -0.05) is 0 Å². The number of amides is 2. The Kier molecular flexibility index (Phi) is 3.45. The number of hydrogen-bond acceptors (Lipinski definition) is 2. The second-order valence-corrected chi connectivity index (χ2v) is 4.23. The number of rotatable bonds is 2. The normalized spacial score (nSPS) is 14.6. The SMILES string of the molecule is N=C(N)c1cc(F)ccc1NC(=O)N1CCCC1. The fraction of sp³-hybridized carbons (Fsp3) is 0.333. The molecule has 1 aliphatic heterocycles. The molecular weight excluding hydrogens is 235 g/mol. The zero-order valence-corrected chi connectivity index (χ0v) is 9.87. The van der Waals surface area contributed by atoms with Crippen molar-refractivity contribution < 1.29 is 9.18 Å². The monoisotopic (exact) mass is 250 g/mol. The second-order valence-electron chi connectivity index (χ2n) is 4.23. The Bertz CT molecular complexity index is 483. The van der Waals surface area contributed by atoms with E-state index in [0.29, 0.717) is 5.69 Å². The van der Waals surface area contributed by atoms with Gasteiger partial charge in [0.15, 0.2) is 0 Å². The summed E-state index contributed by atoms with van der Waals surface area (Å²) >= 11 is 0. The Hall–Kier alpha value is -2.11. The van der Waals surface area contributed by atoms with Gasteiger partial charge in [0.25, 0.3) is 0 Å². The lowest BCUT2D eigenvalue weighted by molar-refractivity contribution is 0.222. The molecule has 0 bridgehead atoms. The highest BCUT2D eigenvalue weighted by Crippen LogP contribution is 2.18. The first kappa shape index (κ1) is 12.3. The second kappa shape index (κ2) is 5.03. The molecule has 1 aromatic carbocycles. The van der Waals surface area contributed by atoms with Crippen molar-refractivity contribution in [2.75, 3.05) is 18.4 Å². The predicted octanol–water partition coefficient (Wildman–Crippen LogP) is 1.74. The molecule has 18 heavy (non-hydrogen) atoms. The van der Waals surface area contributed by atoms with Crippen LogP contribution in [0.3, 0.4) is 0 Å². The summed E-state index contributed by atoms with van der Waals surface area (Å²) in [6.45, 7) is 1.45. The van der Waals surface area contributed by atoms with Crippen molar-refractivity contribution in [2.45, 2.75) is 12.8 Å². The first-order chi connectivity index (χ1) is 8.58. The number of halogens is 1. The Labute approximate surface area is 104 Å². The van der Waals surface area contributed by atoms with Crippen molar-refractivity contribution in [3.63, 3.8) is 0 Å². The number of hydrogen-bond donors (Lipinski definition) is 3. The molecule has 0 aliphatic carbocycles. The minimum Gasteiger partial charge on any atom is -0.384 e. The first-order valence-corrected chi connectivity index (χ1v) is 5.78. The zero-order valence-electron chi connectivity index (χ0n) is 9.87. The van der Waals surface area contributed by atoms with E-state index in [1.54, 1.807) is 4.90 Å². The number of nitrogens with two attached hydrogens (primary N) is 1. The van der Waals surface area contributed by atoms with Gasteiger partial charge in [0.1, 0.15) is 11.7 Å². The quantitative estimate of drug-likeness (QED) is 0.552. The molecule has 0 radical (unpaired) electrons. The van der Waals surface area contributed by atoms with Crippen molar-refractivity contribution in [1.29, 1.82) is 5.41 Å². The number of likely N-dealkylation sites (tertiary alicyclic amines) is 1. The lowest BCUT2D eigenvalue weighted by Crippen LogP contribution is -2.33. The number of anilines is 1. The number of nitrogens with one attached hydrogen (secondary N) is 2.